The van der Waals surface area contributed by atoms with E-state index in [1.54, 1.807) is 17.6 Å². The molecule has 1 aromatic carbocycles. The van der Waals surface area contributed by atoms with Gasteiger partial charge in [0.2, 0.25) is 11.7 Å². The van der Waals surface area contributed by atoms with Crippen molar-refractivity contribution in [3.63, 3.8) is 0 Å². The van der Waals surface area contributed by atoms with E-state index in [0.29, 0.717) is 6.61 Å². The Kier molecular flexibility index (Phi) is 1.40. The number of aromatic nitrogens is 1. The summed E-state index contributed by atoms with van der Waals surface area (Å²) >= 11 is 1.79. The van der Waals surface area contributed by atoms with Crippen LogP contribution in [0.25, 0.3) is 16.4 Å². The van der Waals surface area contributed by atoms with Gasteiger partial charge < -0.3 is 4.74 Å². The van der Waals surface area contributed by atoms with Gasteiger partial charge in [0, 0.05) is 6.07 Å². The normalized spacial score (nSPS) is 14.2. The van der Waals surface area contributed by atoms with E-state index >= 15 is 0 Å². The molecule has 64 valence electrons. The molecule has 3 rings (SSSR count). The van der Waals surface area contributed by atoms with E-state index in [9.17, 15) is 0 Å². The van der Waals surface area contributed by atoms with Gasteiger partial charge in [-0.05, 0) is 6.07 Å². The van der Waals surface area contributed by atoms with Crippen LogP contribution in [-0.2, 0) is 11.3 Å². The van der Waals surface area contributed by atoms with E-state index in [-0.39, 0.29) is 0 Å². The highest BCUT2D eigenvalue weighted by Crippen LogP contribution is 2.22. The van der Waals surface area contributed by atoms with Crippen LogP contribution in [0.2, 0.25) is 0 Å². The number of thiazole rings is 1. The Labute approximate surface area is 79.7 Å². The third kappa shape index (κ3) is 0.971. The van der Waals surface area contributed by atoms with Crippen molar-refractivity contribution in [3.8, 4) is 0 Å². The fourth-order valence-electron chi connectivity index (χ4n) is 1.54. The van der Waals surface area contributed by atoms with Gasteiger partial charge in [0.15, 0.2) is 6.61 Å². The molecule has 2 aromatic rings. The number of para-hydroxylation sites is 1. The molecule has 1 aliphatic heterocycles. The molecule has 2 heterocycles. The maximum Gasteiger partial charge on any atom is 0.281 e. The summed E-state index contributed by atoms with van der Waals surface area (Å²) in [7, 11) is 0. The van der Waals surface area contributed by atoms with Crippen molar-refractivity contribution in [2.75, 3.05) is 0 Å². The first-order valence-corrected chi connectivity index (χ1v) is 4.97. The lowest BCUT2D eigenvalue weighted by Crippen LogP contribution is -2.31. The fraction of sp³-hybridized carbons (Fsp3) is 0.100. The molecule has 0 aliphatic carbocycles. The highest BCUT2D eigenvalue weighted by atomic mass is 32.1. The first kappa shape index (κ1) is 7.09. The highest BCUT2D eigenvalue weighted by Gasteiger charge is 2.20. The summed E-state index contributed by atoms with van der Waals surface area (Å²) in [5, 5.41) is 1.25. The third-order valence-electron chi connectivity index (χ3n) is 2.13. The van der Waals surface area contributed by atoms with Crippen LogP contribution in [0.4, 0.5) is 0 Å². The van der Waals surface area contributed by atoms with Crippen LogP contribution in [0.5, 0.6) is 0 Å². The average Bonchev–Trinajstić information content (AvgIpc) is 2.56. The van der Waals surface area contributed by atoms with Crippen LogP contribution in [0.3, 0.4) is 0 Å². The lowest BCUT2D eigenvalue weighted by atomic mass is 10.3. The summed E-state index contributed by atoms with van der Waals surface area (Å²) in [6, 6.07) is 8.39. The van der Waals surface area contributed by atoms with Crippen LogP contribution in [0.15, 0.2) is 30.5 Å². The monoisotopic (exact) mass is 190 g/mol. The van der Waals surface area contributed by atoms with Gasteiger partial charge >= 0.3 is 0 Å². The first-order chi connectivity index (χ1) is 6.45. The van der Waals surface area contributed by atoms with Crippen LogP contribution in [-0.4, -0.2) is 0 Å². The van der Waals surface area contributed by atoms with Crippen LogP contribution < -0.4 is 4.57 Å². The van der Waals surface area contributed by atoms with E-state index in [2.05, 4.69) is 28.8 Å². The molecule has 1 aliphatic rings. The maximum absolute atomic E-state index is 5.23. The van der Waals surface area contributed by atoms with E-state index in [4.69, 9.17) is 4.74 Å². The Morgan fingerprint density at radius 2 is 2.23 bits per heavy atom. The minimum absolute atomic E-state index is 0.690. The Morgan fingerprint density at radius 3 is 3.23 bits per heavy atom. The van der Waals surface area contributed by atoms with Gasteiger partial charge in [0.05, 0.1) is 0 Å². The Bertz CT molecular complexity index is 487. The third-order valence-corrected chi connectivity index (χ3v) is 3.25. The number of hydrogen-bond acceptors (Lipinski definition) is 2. The average molecular weight is 190 g/mol. The predicted molar refractivity (Wildman–Crippen MR) is 52.1 cm³/mol. The van der Waals surface area contributed by atoms with Crippen molar-refractivity contribution in [2.45, 2.75) is 6.61 Å². The molecule has 2 nitrogen and oxygen atoms in total. The van der Waals surface area contributed by atoms with Crippen molar-refractivity contribution in [1.82, 2.24) is 0 Å². The van der Waals surface area contributed by atoms with Crippen molar-refractivity contribution in [2.24, 2.45) is 0 Å². The van der Waals surface area contributed by atoms with Gasteiger partial charge in [0.25, 0.3) is 5.01 Å². The molecule has 1 aromatic heterocycles. The predicted octanol–water partition coefficient (Wildman–Crippen LogP) is 2.15. The lowest BCUT2D eigenvalue weighted by Gasteiger charge is -1.98. The molecule has 0 unspecified atom stereocenters. The second kappa shape index (κ2) is 2.57. The topological polar surface area (TPSA) is 13.1 Å². The lowest BCUT2D eigenvalue weighted by molar-refractivity contribution is -0.551. The van der Waals surface area contributed by atoms with Crippen molar-refractivity contribution < 1.29 is 9.30 Å². The van der Waals surface area contributed by atoms with Gasteiger partial charge in [-0.2, -0.15) is 0 Å². The molecule has 0 spiro atoms. The van der Waals surface area contributed by atoms with Crippen LogP contribution in [0.1, 0.15) is 5.01 Å². The zero-order valence-corrected chi connectivity index (χ0v) is 7.75. The zero-order chi connectivity index (χ0) is 8.67. The molecule has 0 N–H and O–H groups in total. The Morgan fingerprint density at radius 1 is 1.31 bits per heavy atom. The molecule has 0 saturated heterocycles. The number of ether oxygens (including phenoxy) is 1. The largest absolute Gasteiger partial charge is 0.483 e. The molecule has 13 heavy (non-hydrogen) atoms. The number of benzene rings is 1. The standard InChI is InChI=1S/C10H8NOS/c1-2-4-9-8(3-1)11-5-6-12-7-10(11)13-9/h1-6H,7H2/q+1. The summed E-state index contributed by atoms with van der Waals surface area (Å²) in [6.07, 6.45) is 3.71. The van der Waals surface area contributed by atoms with E-state index in [1.165, 1.54) is 15.2 Å². The smallest absolute Gasteiger partial charge is 0.281 e. The molecule has 0 atom stereocenters. The van der Waals surface area contributed by atoms with Gasteiger partial charge in [-0.25, -0.2) is 0 Å². The molecule has 3 heteroatoms. The van der Waals surface area contributed by atoms with Crippen molar-refractivity contribution in [1.29, 1.82) is 0 Å². The summed E-state index contributed by atoms with van der Waals surface area (Å²) in [5.74, 6) is 0. The summed E-state index contributed by atoms with van der Waals surface area (Å²) in [6.45, 7) is 0.690. The van der Waals surface area contributed by atoms with Crippen LogP contribution in [0, 0.1) is 0 Å². The molecule has 0 bridgehead atoms. The summed E-state index contributed by atoms with van der Waals surface area (Å²) in [4.78, 5) is 0. The van der Waals surface area contributed by atoms with Gasteiger partial charge in [0.1, 0.15) is 11.0 Å². The minimum Gasteiger partial charge on any atom is -0.483 e. The van der Waals surface area contributed by atoms with Crippen molar-refractivity contribution in [3.05, 3.63) is 35.5 Å². The van der Waals surface area contributed by atoms with Crippen molar-refractivity contribution >= 4 is 27.8 Å². The minimum atomic E-state index is 0.690. The zero-order valence-electron chi connectivity index (χ0n) is 6.93. The van der Waals surface area contributed by atoms with E-state index in [1.807, 2.05) is 6.20 Å². The SMILES string of the molecule is C1=C[n+]2c(sc3ccccc32)CO1. The molecule has 0 saturated carbocycles. The Balaban J connectivity index is 2.42. The summed E-state index contributed by atoms with van der Waals surface area (Å²) < 4.78 is 8.73. The first-order valence-electron chi connectivity index (χ1n) is 4.15. The maximum atomic E-state index is 5.23. The van der Waals surface area contributed by atoms with Gasteiger partial charge in [-0.15, -0.1) is 4.57 Å². The van der Waals surface area contributed by atoms with E-state index < -0.39 is 0 Å². The van der Waals surface area contributed by atoms with Crippen LogP contribution >= 0.6 is 11.3 Å². The molecular formula is C10H8NOS+. The number of nitrogens with zero attached hydrogens (tertiary/aromatic N) is 1. The second-order valence-electron chi connectivity index (χ2n) is 2.93. The Hall–Kier alpha value is -1.35. The highest BCUT2D eigenvalue weighted by molar-refractivity contribution is 7.18. The molecule has 0 fully saturated rings. The molecular weight excluding hydrogens is 182 g/mol. The quantitative estimate of drug-likeness (QED) is 0.580. The molecule has 0 amide bonds. The van der Waals surface area contributed by atoms with Gasteiger partial charge in [-0.1, -0.05) is 23.5 Å². The number of rotatable bonds is 0. The number of hydrogen-bond donors (Lipinski definition) is 0. The summed E-state index contributed by atoms with van der Waals surface area (Å²) in [5.41, 5.74) is 1.27. The fourth-order valence-corrected chi connectivity index (χ4v) is 2.59. The van der Waals surface area contributed by atoms with E-state index in [0.717, 1.165) is 0 Å². The second-order valence-corrected chi connectivity index (χ2v) is 4.04. The molecule has 0 radical (unpaired) electrons. The van der Waals surface area contributed by atoms with Gasteiger partial charge in [-0.3, -0.25) is 0 Å². The number of fused-ring (bicyclic) bond motifs is 3.